The molecule has 1 saturated heterocycles. The summed E-state index contributed by atoms with van der Waals surface area (Å²) < 4.78 is 1.15. The third-order valence-electron chi connectivity index (χ3n) is 1.97. The van der Waals surface area contributed by atoms with Crippen LogP contribution in [0.3, 0.4) is 0 Å². The van der Waals surface area contributed by atoms with E-state index in [9.17, 15) is 4.79 Å². The summed E-state index contributed by atoms with van der Waals surface area (Å²) in [6, 6.07) is 8.00. The number of hydrogen-bond donors (Lipinski definition) is 1. The number of para-hydroxylation sites is 1. The van der Waals surface area contributed by atoms with Gasteiger partial charge in [0.05, 0.1) is 5.69 Å². The molecule has 1 amide bonds. The number of carbonyl (C=O) groups excluding carboxylic acids is 1. The Labute approximate surface area is 90.2 Å². The molecular weight excluding hydrogens is 279 g/mol. The Morgan fingerprint density at radius 3 is 2.77 bits per heavy atom. The van der Waals surface area contributed by atoms with Crippen molar-refractivity contribution in [1.82, 2.24) is 5.43 Å². The molecule has 0 unspecified atom stereocenters. The van der Waals surface area contributed by atoms with Crippen LogP contribution in [0.4, 0.5) is 5.69 Å². The molecule has 2 rings (SSSR count). The zero-order valence-electron chi connectivity index (χ0n) is 6.96. The van der Waals surface area contributed by atoms with Crippen molar-refractivity contribution >= 4 is 34.2 Å². The number of nitrogens with zero attached hydrogens (tertiary/aromatic N) is 1. The summed E-state index contributed by atoms with van der Waals surface area (Å²) in [4.78, 5) is 11.0. The summed E-state index contributed by atoms with van der Waals surface area (Å²) in [7, 11) is 0. The quantitative estimate of drug-likeness (QED) is 0.795. The third-order valence-corrected chi connectivity index (χ3v) is 2.88. The predicted octanol–water partition coefficient (Wildman–Crippen LogP) is 1.53. The fourth-order valence-corrected chi connectivity index (χ4v) is 2.01. The zero-order valence-corrected chi connectivity index (χ0v) is 9.11. The minimum absolute atomic E-state index is 0.0969. The molecule has 3 nitrogen and oxygen atoms in total. The molecular formula is C9H9IN2O. The van der Waals surface area contributed by atoms with E-state index in [-0.39, 0.29) is 5.91 Å². The lowest BCUT2D eigenvalue weighted by Gasteiger charge is -2.18. The highest BCUT2D eigenvalue weighted by Gasteiger charge is 2.19. The second kappa shape index (κ2) is 3.53. The average molecular weight is 288 g/mol. The molecule has 68 valence electrons. The summed E-state index contributed by atoms with van der Waals surface area (Å²) in [5, 5.41) is 1.89. The maximum absolute atomic E-state index is 11.0. The fourth-order valence-electron chi connectivity index (χ4n) is 1.33. The number of hydrogen-bond acceptors (Lipinski definition) is 2. The van der Waals surface area contributed by atoms with E-state index in [2.05, 4.69) is 28.0 Å². The van der Waals surface area contributed by atoms with Crippen LogP contribution in [0.2, 0.25) is 0 Å². The van der Waals surface area contributed by atoms with Gasteiger partial charge in [0, 0.05) is 16.5 Å². The van der Waals surface area contributed by atoms with Crippen LogP contribution >= 0.6 is 22.6 Å². The van der Waals surface area contributed by atoms with Gasteiger partial charge < -0.3 is 0 Å². The molecule has 0 bridgehead atoms. The lowest BCUT2D eigenvalue weighted by Crippen LogP contribution is -2.33. The normalized spacial score (nSPS) is 16.1. The number of benzene rings is 1. The smallest absolute Gasteiger partial charge is 0.240 e. The van der Waals surface area contributed by atoms with Gasteiger partial charge >= 0.3 is 0 Å². The van der Waals surface area contributed by atoms with Gasteiger partial charge in [0.2, 0.25) is 5.91 Å². The first-order chi connectivity index (χ1) is 6.27. The van der Waals surface area contributed by atoms with Gasteiger partial charge in [-0.25, -0.2) is 0 Å². The van der Waals surface area contributed by atoms with Crippen LogP contribution in [0.5, 0.6) is 0 Å². The Kier molecular flexibility index (Phi) is 2.39. The highest BCUT2D eigenvalue weighted by Crippen LogP contribution is 2.22. The van der Waals surface area contributed by atoms with Crippen molar-refractivity contribution in [2.24, 2.45) is 0 Å². The van der Waals surface area contributed by atoms with Gasteiger partial charge in [-0.2, -0.15) is 0 Å². The SMILES string of the molecule is O=C1CCN(c2ccccc2I)N1. The summed E-state index contributed by atoms with van der Waals surface area (Å²) in [5.41, 5.74) is 3.88. The molecule has 1 heterocycles. The van der Waals surface area contributed by atoms with Gasteiger partial charge in [0.1, 0.15) is 0 Å². The predicted molar refractivity (Wildman–Crippen MR) is 59.3 cm³/mol. The van der Waals surface area contributed by atoms with Crippen LogP contribution in [0, 0.1) is 3.57 Å². The van der Waals surface area contributed by atoms with E-state index in [1.807, 2.05) is 29.3 Å². The minimum atomic E-state index is 0.0969. The molecule has 1 aliphatic rings. The van der Waals surface area contributed by atoms with E-state index in [0.29, 0.717) is 6.42 Å². The van der Waals surface area contributed by atoms with Gasteiger partial charge in [-0.15, -0.1) is 0 Å². The molecule has 1 aromatic rings. The lowest BCUT2D eigenvalue weighted by atomic mass is 10.3. The topological polar surface area (TPSA) is 32.3 Å². The first-order valence-corrected chi connectivity index (χ1v) is 5.17. The minimum Gasteiger partial charge on any atom is -0.284 e. The number of halogens is 1. The van der Waals surface area contributed by atoms with Crippen LogP contribution in [-0.2, 0) is 4.79 Å². The molecule has 0 aliphatic carbocycles. The van der Waals surface area contributed by atoms with E-state index in [1.165, 1.54) is 0 Å². The van der Waals surface area contributed by atoms with E-state index < -0.39 is 0 Å². The number of carbonyl (C=O) groups is 1. The highest BCUT2D eigenvalue weighted by molar-refractivity contribution is 14.1. The van der Waals surface area contributed by atoms with Crippen LogP contribution < -0.4 is 10.4 Å². The summed E-state index contributed by atoms with van der Waals surface area (Å²) in [6.07, 6.45) is 0.588. The van der Waals surface area contributed by atoms with E-state index in [1.54, 1.807) is 0 Å². The largest absolute Gasteiger partial charge is 0.284 e. The third kappa shape index (κ3) is 1.77. The van der Waals surface area contributed by atoms with Crippen molar-refractivity contribution in [3.63, 3.8) is 0 Å². The maximum Gasteiger partial charge on any atom is 0.240 e. The van der Waals surface area contributed by atoms with Crippen LogP contribution in [0.25, 0.3) is 0 Å². The number of hydrazine groups is 1. The van der Waals surface area contributed by atoms with Crippen LogP contribution in [-0.4, -0.2) is 12.5 Å². The van der Waals surface area contributed by atoms with Crippen molar-refractivity contribution in [2.75, 3.05) is 11.6 Å². The zero-order chi connectivity index (χ0) is 9.26. The van der Waals surface area contributed by atoms with Gasteiger partial charge in [-0.05, 0) is 34.7 Å². The summed E-state index contributed by atoms with van der Waals surface area (Å²) in [5.74, 6) is 0.0969. The van der Waals surface area contributed by atoms with Crippen LogP contribution in [0.15, 0.2) is 24.3 Å². The standard InChI is InChI=1S/C9H9IN2O/c10-7-3-1-2-4-8(7)12-6-5-9(13)11-12/h1-4H,5-6H2,(H,11,13). The Hall–Kier alpha value is -0.780. The molecule has 0 radical (unpaired) electrons. The number of nitrogens with one attached hydrogen (secondary N) is 1. The second-order valence-corrected chi connectivity index (χ2v) is 4.05. The van der Waals surface area contributed by atoms with E-state index in [0.717, 1.165) is 15.8 Å². The Morgan fingerprint density at radius 2 is 2.15 bits per heavy atom. The molecule has 4 heteroatoms. The van der Waals surface area contributed by atoms with Crippen molar-refractivity contribution in [3.8, 4) is 0 Å². The van der Waals surface area contributed by atoms with Crippen LogP contribution in [0.1, 0.15) is 6.42 Å². The first kappa shape index (κ1) is 8.80. The molecule has 0 atom stereocenters. The van der Waals surface area contributed by atoms with E-state index >= 15 is 0 Å². The first-order valence-electron chi connectivity index (χ1n) is 4.09. The molecule has 1 N–H and O–H groups in total. The second-order valence-electron chi connectivity index (χ2n) is 2.89. The van der Waals surface area contributed by atoms with Crippen molar-refractivity contribution < 1.29 is 4.79 Å². The number of amides is 1. The molecule has 1 aliphatic heterocycles. The summed E-state index contributed by atoms with van der Waals surface area (Å²) in [6.45, 7) is 0.763. The molecule has 0 aromatic heterocycles. The maximum atomic E-state index is 11.0. The molecule has 13 heavy (non-hydrogen) atoms. The average Bonchev–Trinajstić information content (AvgIpc) is 2.53. The molecule has 0 saturated carbocycles. The van der Waals surface area contributed by atoms with Crippen molar-refractivity contribution in [2.45, 2.75) is 6.42 Å². The number of anilines is 1. The Balaban J connectivity index is 2.26. The van der Waals surface area contributed by atoms with Gasteiger partial charge in [0.15, 0.2) is 0 Å². The van der Waals surface area contributed by atoms with Gasteiger partial charge in [-0.3, -0.25) is 15.2 Å². The van der Waals surface area contributed by atoms with Crippen molar-refractivity contribution in [3.05, 3.63) is 27.8 Å². The molecule has 1 aromatic carbocycles. The number of rotatable bonds is 1. The van der Waals surface area contributed by atoms with Gasteiger partial charge in [0.25, 0.3) is 0 Å². The van der Waals surface area contributed by atoms with Crippen molar-refractivity contribution in [1.29, 1.82) is 0 Å². The van der Waals surface area contributed by atoms with E-state index in [4.69, 9.17) is 0 Å². The van der Waals surface area contributed by atoms with Gasteiger partial charge in [-0.1, -0.05) is 12.1 Å². The molecule has 0 spiro atoms. The molecule has 1 fully saturated rings. The summed E-state index contributed by atoms with van der Waals surface area (Å²) >= 11 is 2.26. The Morgan fingerprint density at radius 1 is 1.38 bits per heavy atom. The highest BCUT2D eigenvalue weighted by atomic mass is 127. The Bertz CT molecular complexity index is 340. The monoisotopic (exact) mass is 288 g/mol. The lowest BCUT2D eigenvalue weighted by molar-refractivity contribution is -0.119. The fraction of sp³-hybridized carbons (Fsp3) is 0.222.